The van der Waals surface area contributed by atoms with Gasteiger partial charge in [-0.3, -0.25) is 14.9 Å². The van der Waals surface area contributed by atoms with Crippen LogP contribution in [0.5, 0.6) is 0 Å². The summed E-state index contributed by atoms with van der Waals surface area (Å²) in [5.41, 5.74) is -0.769. The summed E-state index contributed by atoms with van der Waals surface area (Å²) < 4.78 is 5.23. The van der Waals surface area contributed by atoms with Crippen LogP contribution in [0.4, 0.5) is 5.69 Å². The first-order valence-corrected chi connectivity index (χ1v) is 6.62. The fraction of sp³-hybridized carbons (Fsp3) is 0.417. The molecule has 0 bridgehead atoms. The Bertz CT molecular complexity index is 571. The number of amides is 1. The van der Waals surface area contributed by atoms with Crippen LogP contribution < -0.4 is 5.32 Å². The summed E-state index contributed by atoms with van der Waals surface area (Å²) in [6, 6.07) is 2.42. The molecule has 1 fully saturated rings. The molecule has 1 N–H and O–H groups in total. The number of rotatable bonds is 3. The van der Waals surface area contributed by atoms with Gasteiger partial charge in [0.1, 0.15) is 5.02 Å². The number of hydrogen-bond acceptors (Lipinski definition) is 4. The van der Waals surface area contributed by atoms with Crippen LogP contribution in [0.25, 0.3) is 0 Å². The molecule has 0 aliphatic carbocycles. The van der Waals surface area contributed by atoms with Gasteiger partial charge in [0.15, 0.2) is 0 Å². The summed E-state index contributed by atoms with van der Waals surface area (Å²) in [5, 5.41) is 13.5. The maximum atomic E-state index is 12.2. The highest BCUT2D eigenvalue weighted by Gasteiger charge is 2.32. The van der Waals surface area contributed by atoms with Gasteiger partial charge < -0.3 is 10.1 Å². The van der Waals surface area contributed by atoms with Gasteiger partial charge in [-0.1, -0.05) is 23.2 Å². The van der Waals surface area contributed by atoms with Crippen LogP contribution in [0, 0.1) is 10.1 Å². The number of nitrogens with zero attached hydrogens (tertiary/aromatic N) is 1. The molecule has 1 atom stereocenters. The minimum atomic E-state index is -0.675. The number of nitro groups is 1. The van der Waals surface area contributed by atoms with Crippen LogP contribution in [-0.4, -0.2) is 29.6 Å². The van der Waals surface area contributed by atoms with Gasteiger partial charge in [0, 0.05) is 18.2 Å². The molecule has 0 saturated carbocycles. The van der Waals surface area contributed by atoms with Crippen molar-refractivity contribution >= 4 is 34.8 Å². The van der Waals surface area contributed by atoms with Crippen molar-refractivity contribution in [3.05, 3.63) is 37.9 Å². The maximum Gasteiger partial charge on any atom is 0.290 e. The Kier molecular flexibility index (Phi) is 4.17. The van der Waals surface area contributed by atoms with Crippen LogP contribution >= 0.6 is 23.2 Å². The van der Waals surface area contributed by atoms with Gasteiger partial charge in [0.25, 0.3) is 11.6 Å². The Labute approximate surface area is 125 Å². The zero-order valence-electron chi connectivity index (χ0n) is 10.6. The average Bonchev–Trinajstić information content (AvgIpc) is 2.78. The predicted molar refractivity (Wildman–Crippen MR) is 74.4 cm³/mol. The van der Waals surface area contributed by atoms with E-state index < -0.39 is 22.1 Å². The van der Waals surface area contributed by atoms with Gasteiger partial charge in [-0.05, 0) is 19.4 Å². The van der Waals surface area contributed by atoms with E-state index in [1.165, 1.54) is 6.07 Å². The SMILES string of the molecule is CC1(NC(=O)c2cc(Cl)c(Cl)c([N+](=O)[O-])c2)CCOC1. The lowest BCUT2D eigenvalue weighted by Gasteiger charge is -2.23. The largest absolute Gasteiger partial charge is 0.379 e. The third-order valence-electron chi connectivity index (χ3n) is 3.10. The summed E-state index contributed by atoms with van der Waals surface area (Å²) in [6.07, 6.45) is 0.683. The zero-order valence-corrected chi connectivity index (χ0v) is 12.1. The minimum absolute atomic E-state index is 0.0289. The highest BCUT2D eigenvalue weighted by molar-refractivity contribution is 6.43. The Hall–Kier alpha value is -1.37. The monoisotopic (exact) mass is 318 g/mol. The van der Waals surface area contributed by atoms with E-state index in [2.05, 4.69) is 5.32 Å². The molecular weight excluding hydrogens is 307 g/mol. The molecule has 1 aliphatic heterocycles. The van der Waals surface area contributed by atoms with E-state index >= 15 is 0 Å². The Balaban J connectivity index is 2.28. The van der Waals surface area contributed by atoms with Crippen molar-refractivity contribution in [1.29, 1.82) is 0 Å². The molecule has 1 saturated heterocycles. The molecule has 1 amide bonds. The summed E-state index contributed by atoms with van der Waals surface area (Å²) >= 11 is 11.6. The van der Waals surface area contributed by atoms with Crippen LogP contribution in [0.15, 0.2) is 12.1 Å². The highest BCUT2D eigenvalue weighted by atomic mass is 35.5. The van der Waals surface area contributed by atoms with E-state index in [-0.39, 0.29) is 15.6 Å². The molecule has 0 spiro atoms. The Morgan fingerprint density at radius 3 is 2.75 bits per heavy atom. The Morgan fingerprint density at radius 2 is 2.20 bits per heavy atom. The number of halogens is 2. The lowest BCUT2D eigenvalue weighted by molar-refractivity contribution is -0.384. The minimum Gasteiger partial charge on any atom is -0.379 e. The normalized spacial score (nSPS) is 21.8. The van der Waals surface area contributed by atoms with E-state index in [4.69, 9.17) is 27.9 Å². The number of ether oxygens (including phenoxy) is 1. The number of nitrogens with one attached hydrogen (secondary N) is 1. The molecule has 0 aromatic heterocycles. The van der Waals surface area contributed by atoms with Crippen molar-refractivity contribution in [2.45, 2.75) is 18.9 Å². The third-order valence-corrected chi connectivity index (χ3v) is 3.89. The van der Waals surface area contributed by atoms with Gasteiger partial charge in [-0.15, -0.1) is 0 Å². The fourth-order valence-corrected chi connectivity index (χ4v) is 2.34. The smallest absolute Gasteiger partial charge is 0.290 e. The fourth-order valence-electron chi connectivity index (χ4n) is 1.95. The lowest BCUT2D eigenvalue weighted by Crippen LogP contribution is -2.46. The second-order valence-corrected chi connectivity index (χ2v) is 5.65. The first-order valence-electron chi connectivity index (χ1n) is 5.86. The standard InChI is InChI=1S/C12H12Cl2N2O4/c1-12(2-3-20-6-12)15-11(17)7-4-8(13)10(14)9(5-7)16(18)19/h4-5H,2-3,6H2,1H3,(H,15,17). The first kappa shape index (κ1) is 15.0. The molecular formula is C12H12Cl2N2O4. The van der Waals surface area contributed by atoms with Crippen molar-refractivity contribution in [3.63, 3.8) is 0 Å². The number of hydrogen-bond donors (Lipinski definition) is 1. The van der Waals surface area contributed by atoms with Gasteiger partial charge in [-0.25, -0.2) is 0 Å². The van der Waals surface area contributed by atoms with E-state index in [1.54, 1.807) is 0 Å². The number of carbonyl (C=O) groups excluding carboxylic acids is 1. The van der Waals surface area contributed by atoms with Crippen LogP contribution in [0.3, 0.4) is 0 Å². The molecule has 0 radical (unpaired) electrons. The summed E-state index contributed by atoms with van der Waals surface area (Å²) in [4.78, 5) is 22.3. The molecule has 108 valence electrons. The van der Waals surface area contributed by atoms with Gasteiger partial charge in [-0.2, -0.15) is 0 Å². The van der Waals surface area contributed by atoms with Crippen LogP contribution in [0.2, 0.25) is 10.0 Å². The first-order chi connectivity index (χ1) is 9.32. The Morgan fingerprint density at radius 1 is 1.50 bits per heavy atom. The van der Waals surface area contributed by atoms with Crippen molar-refractivity contribution in [2.24, 2.45) is 0 Å². The number of carbonyl (C=O) groups is 1. The molecule has 2 rings (SSSR count). The third kappa shape index (κ3) is 3.03. The molecule has 1 aliphatic rings. The molecule has 1 heterocycles. The lowest BCUT2D eigenvalue weighted by atomic mass is 10.0. The second kappa shape index (κ2) is 5.55. The highest BCUT2D eigenvalue weighted by Crippen LogP contribution is 2.33. The van der Waals surface area contributed by atoms with Crippen LogP contribution in [0.1, 0.15) is 23.7 Å². The number of nitro benzene ring substituents is 1. The molecule has 1 aromatic rings. The topological polar surface area (TPSA) is 81.5 Å². The average molecular weight is 319 g/mol. The molecule has 20 heavy (non-hydrogen) atoms. The summed E-state index contributed by atoms with van der Waals surface area (Å²) in [6.45, 7) is 2.82. The van der Waals surface area contributed by atoms with E-state index in [9.17, 15) is 14.9 Å². The predicted octanol–water partition coefficient (Wildman–Crippen LogP) is 2.81. The second-order valence-electron chi connectivity index (χ2n) is 4.87. The van der Waals surface area contributed by atoms with E-state index in [0.29, 0.717) is 19.6 Å². The maximum absolute atomic E-state index is 12.2. The van der Waals surface area contributed by atoms with E-state index in [0.717, 1.165) is 6.07 Å². The molecule has 1 unspecified atom stereocenters. The molecule has 8 heteroatoms. The molecule has 1 aromatic carbocycles. The zero-order chi connectivity index (χ0) is 14.9. The van der Waals surface area contributed by atoms with Crippen molar-refractivity contribution in [1.82, 2.24) is 5.32 Å². The van der Waals surface area contributed by atoms with Gasteiger partial charge >= 0.3 is 0 Å². The van der Waals surface area contributed by atoms with Gasteiger partial charge in [0.05, 0.1) is 22.1 Å². The quantitative estimate of drug-likeness (QED) is 0.686. The van der Waals surface area contributed by atoms with Crippen molar-refractivity contribution in [3.8, 4) is 0 Å². The summed E-state index contributed by atoms with van der Waals surface area (Å²) in [7, 11) is 0. The number of benzene rings is 1. The summed E-state index contributed by atoms with van der Waals surface area (Å²) in [5.74, 6) is -0.445. The van der Waals surface area contributed by atoms with E-state index in [1.807, 2.05) is 6.92 Å². The van der Waals surface area contributed by atoms with Crippen molar-refractivity contribution in [2.75, 3.05) is 13.2 Å². The molecule has 6 nitrogen and oxygen atoms in total. The van der Waals surface area contributed by atoms with Crippen LogP contribution in [-0.2, 0) is 4.74 Å². The van der Waals surface area contributed by atoms with Gasteiger partial charge in [0.2, 0.25) is 0 Å². The van der Waals surface area contributed by atoms with Crippen molar-refractivity contribution < 1.29 is 14.5 Å².